The van der Waals surface area contributed by atoms with Crippen molar-refractivity contribution in [2.75, 3.05) is 5.32 Å². The summed E-state index contributed by atoms with van der Waals surface area (Å²) in [6, 6.07) is 8.36. The number of halogens is 2. The smallest absolute Gasteiger partial charge is 0.255 e. The largest absolute Gasteiger partial charge is 0.322 e. The lowest BCUT2D eigenvalue weighted by Crippen LogP contribution is -2.25. The van der Waals surface area contributed by atoms with E-state index in [0.29, 0.717) is 0 Å². The molecular formula is C16H14F2N2O3S. The van der Waals surface area contributed by atoms with Crippen LogP contribution in [0.1, 0.15) is 23.2 Å². The third kappa shape index (κ3) is 3.77. The van der Waals surface area contributed by atoms with E-state index in [1.165, 1.54) is 30.3 Å². The van der Waals surface area contributed by atoms with Gasteiger partial charge in [-0.15, -0.1) is 0 Å². The number of benzene rings is 2. The maximum Gasteiger partial charge on any atom is 0.255 e. The highest BCUT2D eigenvalue weighted by Crippen LogP contribution is 2.22. The van der Waals surface area contributed by atoms with E-state index in [9.17, 15) is 22.0 Å². The van der Waals surface area contributed by atoms with Crippen molar-refractivity contribution in [2.45, 2.75) is 23.8 Å². The Morgan fingerprint density at radius 3 is 2.25 bits per heavy atom. The molecule has 5 nitrogen and oxygen atoms in total. The minimum absolute atomic E-state index is 0.00801. The monoisotopic (exact) mass is 352 g/mol. The van der Waals surface area contributed by atoms with Gasteiger partial charge in [0, 0.05) is 23.4 Å². The van der Waals surface area contributed by atoms with E-state index in [1.807, 2.05) is 0 Å². The molecule has 0 saturated heterocycles. The zero-order chi connectivity index (χ0) is 17.3. The number of hydrogen-bond donors (Lipinski definition) is 2. The fourth-order valence-electron chi connectivity index (χ4n) is 2.05. The summed E-state index contributed by atoms with van der Waals surface area (Å²) in [7, 11) is -3.58. The quantitative estimate of drug-likeness (QED) is 0.869. The predicted octanol–water partition coefficient (Wildman–Crippen LogP) is 2.66. The third-order valence-electron chi connectivity index (χ3n) is 3.50. The molecule has 1 aliphatic rings. The molecule has 1 fully saturated rings. The highest BCUT2D eigenvalue weighted by molar-refractivity contribution is 7.89. The first-order chi connectivity index (χ1) is 11.3. The average Bonchev–Trinajstić information content (AvgIpc) is 3.34. The van der Waals surface area contributed by atoms with Gasteiger partial charge in [-0.2, -0.15) is 0 Å². The fourth-order valence-corrected chi connectivity index (χ4v) is 3.36. The van der Waals surface area contributed by atoms with Gasteiger partial charge >= 0.3 is 0 Å². The van der Waals surface area contributed by atoms with Crippen LogP contribution in [0.25, 0.3) is 0 Å². The van der Waals surface area contributed by atoms with Gasteiger partial charge in [0.1, 0.15) is 0 Å². The zero-order valence-electron chi connectivity index (χ0n) is 12.4. The molecule has 126 valence electrons. The second kappa shape index (κ2) is 6.29. The molecule has 1 amide bonds. The Morgan fingerprint density at radius 1 is 1.00 bits per heavy atom. The van der Waals surface area contributed by atoms with Crippen molar-refractivity contribution in [3.63, 3.8) is 0 Å². The first kappa shape index (κ1) is 16.5. The Hall–Kier alpha value is -2.32. The molecular weight excluding hydrogens is 338 g/mol. The minimum Gasteiger partial charge on any atom is -0.322 e. The van der Waals surface area contributed by atoms with Crippen molar-refractivity contribution >= 4 is 21.6 Å². The van der Waals surface area contributed by atoms with Crippen molar-refractivity contribution in [3.8, 4) is 0 Å². The lowest BCUT2D eigenvalue weighted by atomic mass is 10.2. The van der Waals surface area contributed by atoms with Gasteiger partial charge in [0.25, 0.3) is 5.91 Å². The summed E-state index contributed by atoms with van der Waals surface area (Å²) >= 11 is 0. The summed E-state index contributed by atoms with van der Waals surface area (Å²) in [5, 5.41) is 2.42. The molecule has 0 spiro atoms. The van der Waals surface area contributed by atoms with E-state index in [-0.39, 0.29) is 22.2 Å². The van der Waals surface area contributed by atoms with Crippen LogP contribution in [0.2, 0.25) is 0 Å². The van der Waals surface area contributed by atoms with Crippen LogP contribution in [0.4, 0.5) is 14.5 Å². The topological polar surface area (TPSA) is 75.3 Å². The number of sulfonamides is 1. The molecule has 0 unspecified atom stereocenters. The minimum atomic E-state index is -3.58. The van der Waals surface area contributed by atoms with Gasteiger partial charge in [0.15, 0.2) is 11.6 Å². The van der Waals surface area contributed by atoms with Crippen LogP contribution in [0, 0.1) is 11.6 Å². The van der Waals surface area contributed by atoms with Crippen LogP contribution in [0.15, 0.2) is 47.4 Å². The Labute approximate surface area is 137 Å². The molecule has 8 heteroatoms. The first-order valence-electron chi connectivity index (χ1n) is 7.24. The number of carbonyl (C=O) groups is 1. The standard InChI is InChI=1S/C16H14F2N2O3S/c17-14-8-5-12(9-15(14)18)19-16(21)10-1-6-13(7-2-10)24(22,23)20-11-3-4-11/h1-2,5-9,11,20H,3-4H2,(H,19,21). The summed E-state index contributed by atoms with van der Waals surface area (Å²) in [5.41, 5.74) is 0.302. The van der Waals surface area contributed by atoms with E-state index in [2.05, 4.69) is 10.0 Å². The van der Waals surface area contributed by atoms with Crippen LogP contribution >= 0.6 is 0 Å². The van der Waals surface area contributed by atoms with Crippen molar-refractivity contribution in [2.24, 2.45) is 0 Å². The number of nitrogens with one attached hydrogen (secondary N) is 2. The predicted molar refractivity (Wildman–Crippen MR) is 84.1 cm³/mol. The molecule has 1 aliphatic carbocycles. The van der Waals surface area contributed by atoms with Crippen LogP contribution < -0.4 is 10.0 Å². The molecule has 24 heavy (non-hydrogen) atoms. The van der Waals surface area contributed by atoms with E-state index in [1.54, 1.807) is 0 Å². The van der Waals surface area contributed by atoms with Crippen LogP contribution in [0.3, 0.4) is 0 Å². The maximum absolute atomic E-state index is 13.1. The molecule has 0 bridgehead atoms. The van der Waals surface area contributed by atoms with Gasteiger partial charge in [-0.3, -0.25) is 4.79 Å². The Morgan fingerprint density at radius 2 is 1.67 bits per heavy atom. The molecule has 0 heterocycles. The fraction of sp³-hybridized carbons (Fsp3) is 0.188. The third-order valence-corrected chi connectivity index (χ3v) is 5.04. The van der Waals surface area contributed by atoms with Gasteiger partial charge in [-0.05, 0) is 49.2 Å². The molecule has 2 N–H and O–H groups in total. The van der Waals surface area contributed by atoms with Gasteiger partial charge in [0.2, 0.25) is 10.0 Å². The van der Waals surface area contributed by atoms with Crippen molar-refractivity contribution in [1.29, 1.82) is 0 Å². The highest BCUT2D eigenvalue weighted by Gasteiger charge is 2.27. The van der Waals surface area contributed by atoms with E-state index in [4.69, 9.17) is 0 Å². The summed E-state index contributed by atoms with van der Waals surface area (Å²) < 4.78 is 52.6. The molecule has 0 aliphatic heterocycles. The lowest BCUT2D eigenvalue weighted by Gasteiger charge is -2.08. The molecule has 1 saturated carbocycles. The summed E-state index contributed by atoms with van der Waals surface area (Å²) in [4.78, 5) is 12.1. The summed E-state index contributed by atoms with van der Waals surface area (Å²) in [6.07, 6.45) is 1.65. The molecule has 2 aromatic carbocycles. The van der Waals surface area contributed by atoms with Gasteiger partial charge < -0.3 is 5.32 Å². The van der Waals surface area contributed by atoms with Crippen LogP contribution in [-0.2, 0) is 10.0 Å². The number of carbonyl (C=O) groups excluding carboxylic acids is 1. The normalized spacial score (nSPS) is 14.4. The SMILES string of the molecule is O=C(Nc1ccc(F)c(F)c1)c1ccc(S(=O)(=O)NC2CC2)cc1. The number of rotatable bonds is 5. The first-order valence-corrected chi connectivity index (χ1v) is 8.72. The van der Waals surface area contributed by atoms with E-state index in [0.717, 1.165) is 25.0 Å². The van der Waals surface area contributed by atoms with Gasteiger partial charge in [-0.25, -0.2) is 21.9 Å². The number of hydrogen-bond acceptors (Lipinski definition) is 3. The van der Waals surface area contributed by atoms with E-state index < -0.39 is 27.6 Å². The molecule has 2 aromatic rings. The highest BCUT2D eigenvalue weighted by atomic mass is 32.2. The molecule has 0 atom stereocenters. The Balaban J connectivity index is 1.72. The number of amides is 1. The maximum atomic E-state index is 13.1. The van der Waals surface area contributed by atoms with Crippen molar-refractivity contribution in [3.05, 3.63) is 59.7 Å². The van der Waals surface area contributed by atoms with Crippen LogP contribution in [-0.4, -0.2) is 20.4 Å². The lowest BCUT2D eigenvalue weighted by molar-refractivity contribution is 0.102. The molecule has 3 rings (SSSR count). The molecule has 0 aromatic heterocycles. The van der Waals surface area contributed by atoms with Crippen LogP contribution in [0.5, 0.6) is 0 Å². The summed E-state index contributed by atoms with van der Waals surface area (Å²) in [5.74, 6) is -2.63. The van der Waals surface area contributed by atoms with Crippen molar-refractivity contribution < 1.29 is 22.0 Å². The summed E-state index contributed by atoms with van der Waals surface area (Å²) in [6.45, 7) is 0. The van der Waals surface area contributed by atoms with Gasteiger partial charge in [-0.1, -0.05) is 0 Å². The Bertz CT molecular complexity index is 879. The second-order valence-electron chi connectivity index (χ2n) is 5.50. The second-order valence-corrected chi connectivity index (χ2v) is 7.22. The van der Waals surface area contributed by atoms with Gasteiger partial charge in [0.05, 0.1) is 4.90 Å². The average molecular weight is 352 g/mol. The zero-order valence-corrected chi connectivity index (χ0v) is 13.2. The van der Waals surface area contributed by atoms with Crippen molar-refractivity contribution in [1.82, 2.24) is 4.72 Å². The Kier molecular flexibility index (Phi) is 4.33. The number of anilines is 1. The van der Waals surface area contributed by atoms with E-state index >= 15 is 0 Å². The molecule has 0 radical (unpaired) electrons.